The van der Waals surface area contributed by atoms with E-state index < -0.39 is 0 Å². The molecule has 5 saturated carbocycles. The van der Waals surface area contributed by atoms with Crippen LogP contribution in [-0.2, 0) is 17.7 Å². The van der Waals surface area contributed by atoms with Gasteiger partial charge < -0.3 is 15.2 Å². The monoisotopic (exact) mass is 724 g/mol. The Morgan fingerprint density at radius 2 is 1.53 bits per heavy atom. The van der Waals surface area contributed by atoms with E-state index in [0.29, 0.717) is 45.8 Å². The Labute approximate surface area is 325 Å². The smallest absolute Gasteiger partial charge is 0.104 e. The molecule has 0 saturated heterocycles. The van der Waals surface area contributed by atoms with Crippen LogP contribution in [0.1, 0.15) is 157 Å². The topological polar surface area (TPSA) is 41.5 Å². The Bertz CT molecular complexity index is 1580. The van der Waals surface area contributed by atoms with Gasteiger partial charge in [-0.25, -0.2) is 0 Å². The van der Waals surface area contributed by atoms with Gasteiger partial charge in [-0.3, -0.25) is 0 Å². The molecule has 5 aliphatic carbocycles. The summed E-state index contributed by atoms with van der Waals surface area (Å²) in [6, 6.07) is 8.89. The van der Waals surface area contributed by atoms with Gasteiger partial charge in [0.15, 0.2) is 0 Å². The van der Waals surface area contributed by atoms with E-state index >= 15 is 0 Å². The SMILES string of the molecule is C=C(O)CC(C)(C)CC(=C)O[C@H]1CC[C@]2(C)[C@H]3CC[C@@H]4[C@H]5[C@H](C(=C)C)CC[C@]5(CC(=C)NCc5ccccc5CC)CC[C@@]4(C)[C@]3(C)CC[C@H]2C1(C)C. The summed E-state index contributed by atoms with van der Waals surface area (Å²) in [5, 5.41) is 13.7. The second-order valence-electron chi connectivity index (χ2n) is 21.4. The van der Waals surface area contributed by atoms with Gasteiger partial charge in [-0.1, -0.05) is 112 Å². The van der Waals surface area contributed by atoms with E-state index in [1.165, 1.54) is 80.2 Å². The number of rotatable bonds is 13. The summed E-state index contributed by atoms with van der Waals surface area (Å²) >= 11 is 0. The van der Waals surface area contributed by atoms with Gasteiger partial charge in [0.05, 0.1) is 11.5 Å². The molecule has 3 heteroatoms. The standard InChI is InChI=1S/C50H77NO2/c1-14-37-17-15-16-18-38(37)32-51-34(4)29-50-26-21-39(33(2)3)44(50)40-19-20-42-47(11)24-23-43(53-36(6)31-45(7,8)30-35(5)52)46(9,10)41(47)22-25-49(42,13)48(40,12)27-28-50/h15-18,39-44,51-52H,2,4-6,14,19-32H2,1,3,7-13H3/t39-,40+,41-,42+,43-,44+,47-,48+,49+,50+/m0/s1. The fraction of sp³-hybridized carbons (Fsp3) is 0.720. The van der Waals surface area contributed by atoms with Crippen LogP contribution in [0.2, 0.25) is 0 Å². The van der Waals surface area contributed by atoms with Crippen molar-refractivity contribution in [3.63, 3.8) is 0 Å². The highest BCUT2D eigenvalue weighted by Gasteiger charge is 2.71. The van der Waals surface area contributed by atoms with Crippen LogP contribution in [-0.4, -0.2) is 11.2 Å². The first-order valence-corrected chi connectivity index (χ1v) is 21.6. The van der Waals surface area contributed by atoms with Crippen LogP contribution in [0.15, 0.2) is 73.4 Å². The predicted octanol–water partition coefficient (Wildman–Crippen LogP) is 13.7. The minimum absolute atomic E-state index is 0.0724. The van der Waals surface area contributed by atoms with Crippen molar-refractivity contribution in [2.75, 3.05) is 0 Å². The van der Waals surface area contributed by atoms with Crippen molar-refractivity contribution in [3.05, 3.63) is 84.5 Å². The summed E-state index contributed by atoms with van der Waals surface area (Å²) in [4.78, 5) is 0. The number of aliphatic hydroxyl groups is 1. The van der Waals surface area contributed by atoms with Gasteiger partial charge >= 0.3 is 0 Å². The van der Waals surface area contributed by atoms with Gasteiger partial charge in [-0.15, -0.1) is 0 Å². The summed E-state index contributed by atoms with van der Waals surface area (Å²) in [6.07, 6.45) is 16.6. The molecule has 0 heterocycles. The van der Waals surface area contributed by atoms with Crippen LogP contribution < -0.4 is 5.32 Å². The maximum absolute atomic E-state index is 9.89. The van der Waals surface area contributed by atoms with Gasteiger partial charge in [0.25, 0.3) is 0 Å². The molecule has 5 aliphatic rings. The Morgan fingerprint density at radius 1 is 0.830 bits per heavy atom. The maximum atomic E-state index is 9.89. The molecule has 0 amide bonds. The first-order valence-electron chi connectivity index (χ1n) is 21.6. The Balaban J connectivity index is 1.21. The molecular weight excluding hydrogens is 647 g/mol. The van der Waals surface area contributed by atoms with Crippen molar-refractivity contribution in [2.45, 2.75) is 165 Å². The third kappa shape index (κ3) is 6.90. The average Bonchev–Trinajstić information content (AvgIpc) is 3.44. The molecule has 1 aromatic rings. The minimum Gasteiger partial charge on any atom is -0.513 e. The van der Waals surface area contributed by atoms with Crippen LogP contribution in [0.4, 0.5) is 0 Å². The van der Waals surface area contributed by atoms with Crippen molar-refractivity contribution < 1.29 is 9.84 Å². The fourth-order valence-electron chi connectivity index (χ4n) is 15.0. The van der Waals surface area contributed by atoms with E-state index in [1.807, 2.05) is 0 Å². The number of hydrogen-bond donors (Lipinski definition) is 2. The molecule has 6 rings (SSSR count). The first kappa shape index (κ1) is 40.2. The van der Waals surface area contributed by atoms with Crippen molar-refractivity contribution in [2.24, 2.45) is 62.1 Å². The van der Waals surface area contributed by atoms with Gasteiger partial charge in [0.1, 0.15) is 6.10 Å². The lowest BCUT2D eigenvalue weighted by atomic mass is 9.32. The van der Waals surface area contributed by atoms with Crippen LogP contribution in [0, 0.1) is 62.1 Å². The van der Waals surface area contributed by atoms with E-state index in [0.717, 1.165) is 49.8 Å². The van der Waals surface area contributed by atoms with Gasteiger partial charge in [0.2, 0.25) is 0 Å². The first-order chi connectivity index (χ1) is 24.7. The second kappa shape index (κ2) is 14.3. The molecule has 294 valence electrons. The number of hydrogen-bond acceptors (Lipinski definition) is 3. The summed E-state index contributed by atoms with van der Waals surface area (Å²) < 4.78 is 6.84. The Kier molecular flexibility index (Phi) is 10.8. The number of aryl methyl sites for hydroxylation is 1. The highest BCUT2D eigenvalue weighted by atomic mass is 16.5. The highest BCUT2D eigenvalue weighted by molar-refractivity contribution is 5.28. The lowest BCUT2D eigenvalue weighted by molar-refractivity contribution is -0.249. The van der Waals surface area contributed by atoms with Crippen molar-refractivity contribution in [1.29, 1.82) is 0 Å². The number of nitrogens with one attached hydrogen (secondary N) is 1. The summed E-state index contributed by atoms with van der Waals surface area (Å²) in [5.41, 5.74) is 6.76. The third-order valence-electron chi connectivity index (χ3n) is 17.4. The quantitative estimate of drug-likeness (QED) is 0.157. The average molecular weight is 724 g/mol. The molecule has 0 aromatic heterocycles. The van der Waals surface area contributed by atoms with Crippen LogP contribution in [0.5, 0.6) is 0 Å². The van der Waals surface area contributed by atoms with E-state index in [9.17, 15) is 5.11 Å². The maximum Gasteiger partial charge on any atom is 0.104 e. The fourth-order valence-corrected chi connectivity index (χ4v) is 15.0. The molecule has 5 fully saturated rings. The molecule has 1 aromatic carbocycles. The molecule has 10 atom stereocenters. The number of fused-ring (bicyclic) bond motifs is 7. The van der Waals surface area contributed by atoms with Gasteiger partial charge in [-0.2, -0.15) is 0 Å². The molecule has 2 N–H and O–H groups in total. The number of ether oxygens (including phenoxy) is 1. The van der Waals surface area contributed by atoms with Crippen molar-refractivity contribution >= 4 is 0 Å². The zero-order valence-corrected chi connectivity index (χ0v) is 35.6. The molecule has 0 spiro atoms. The Morgan fingerprint density at radius 3 is 2.19 bits per heavy atom. The molecule has 0 aliphatic heterocycles. The second-order valence-corrected chi connectivity index (χ2v) is 21.4. The normalized spacial score (nSPS) is 38.7. The molecule has 53 heavy (non-hydrogen) atoms. The number of aliphatic hydroxyl groups excluding tert-OH is 1. The van der Waals surface area contributed by atoms with Crippen LogP contribution in [0.25, 0.3) is 0 Å². The van der Waals surface area contributed by atoms with Gasteiger partial charge in [-0.05, 0) is 152 Å². The summed E-state index contributed by atoms with van der Waals surface area (Å²) in [7, 11) is 0. The molecular formula is C50H77NO2. The lowest BCUT2D eigenvalue weighted by Gasteiger charge is -2.73. The van der Waals surface area contributed by atoms with E-state index in [2.05, 4.69) is 112 Å². The zero-order chi connectivity index (χ0) is 38.8. The van der Waals surface area contributed by atoms with E-state index in [4.69, 9.17) is 11.3 Å². The summed E-state index contributed by atoms with van der Waals surface area (Å²) in [6.45, 7) is 40.6. The molecule has 0 radical (unpaired) electrons. The lowest BCUT2D eigenvalue weighted by Crippen LogP contribution is -2.66. The van der Waals surface area contributed by atoms with Crippen molar-refractivity contribution in [1.82, 2.24) is 5.32 Å². The summed E-state index contributed by atoms with van der Waals surface area (Å²) in [5.74, 6) is 4.54. The third-order valence-corrected chi connectivity index (χ3v) is 17.4. The van der Waals surface area contributed by atoms with E-state index in [-0.39, 0.29) is 22.7 Å². The van der Waals surface area contributed by atoms with Crippen molar-refractivity contribution in [3.8, 4) is 0 Å². The number of allylic oxidation sites excluding steroid dienone is 4. The number of benzene rings is 1. The Hall–Kier alpha value is -2.42. The molecule has 0 bridgehead atoms. The largest absolute Gasteiger partial charge is 0.513 e. The van der Waals surface area contributed by atoms with Crippen LogP contribution >= 0.6 is 0 Å². The molecule has 0 unspecified atom stereocenters. The minimum atomic E-state index is -0.123. The molecule has 3 nitrogen and oxygen atoms in total. The highest BCUT2D eigenvalue weighted by Crippen LogP contribution is 2.78. The zero-order valence-electron chi connectivity index (χ0n) is 35.6. The van der Waals surface area contributed by atoms with E-state index in [1.54, 1.807) is 0 Å². The predicted molar refractivity (Wildman–Crippen MR) is 224 cm³/mol. The van der Waals surface area contributed by atoms with Crippen LogP contribution in [0.3, 0.4) is 0 Å². The van der Waals surface area contributed by atoms with Gasteiger partial charge in [0, 0.05) is 30.5 Å².